The minimum atomic E-state index is -3.95. The van der Waals surface area contributed by atoms with Crippen LogP contribution in [0.15, 0.2) is 81.1 Å². The first-order chi connectivity index (χ1) is 13.2. The Labute approximate surface area is 173 Å². The molecule has 6 nitrogen and oxygen atoms in total. The van der Waals surface area contributed by atoms with E-state index < -0.39 is 31.7 Å². The van der Waals surface area contributed by atoms with Gasteiger partial charge in [0, 0.05) is 16.6 Å². The van der Waals surface area contributed by atoms with Gasteiger partial charge in [-0.3, -0.25) is 0 Å². The Bertz CT molecular complexity index is 1140. The zero-order chi connectivity index (χ0) is 20.4. The number of sulfonamides is 1. The van der Waals surface area contributed by atoms with Crippen molar-refractivity contribution in [1.29, 1.82) is 0 Å². The van der Waals surface area contributed by atoms with Crippen LogP contribution >= 0.6 is 23.2 Å². The second kappa shape index (κ2) is 8.26. The molecule has 0 fully saturated rings. The van der Waals surface area contributed by atoms with E-state index in [1.807, 2.05) is 0 Å². The van der Waals surface area contributed by atoms with Gasteiger partial charge in [-0.1, -0.05) is 23.2 Å². The molecule has 0 saturated carbocycles. The van der Waals surface area contributed by atoms with Crippen molar-refractivity contribution in [1.82, 2.24) is 4.72 Å². The first-order valence-corrected chi connectivity index (χ1v) is 11.8. The highest BCUT2D eigenvalue weighted by Crippen LogP contribution is 2.30. The number of benzene rings is 2. The molecule has 1 aromatic heterocycles. The lowest BCUT2D eigenvalue weighted by Crippen LogP contribution is -2.31. The molecule has 3 rings (SSSR count). The molecule has 1 heterocycles. The first kappa shape index (κ1) is 20.9. The monoisotopic (exact) mass is 459 g/mol. The van der Waals surface area contributed by atoms with Crippen LogP contribution in [0.2, 0.25) is 10.0 Å². The second-order valence-electron chi connectivity index (χ2n) is 5.81. The maximum atomic E-state index is 13.1. The number of sulfone groups is 1. The maximum absolute atomic E-state index is 13.1. The number of hydrogen-bond donors (Lipinski definition) is 1. The molecule has 10 heteroatoms. The van der Waals surface area contributed by atoms with Crippen LogP contribution in [0, 0.1) is 0 Å². The molecule has 1 N–H and O–H groups in total. The highest BCUT2D eigenvalue weighted by Gasteiger charge is 2.32. The lowest BCUT2D eigenvalue weighted by Gasteiger charge is -2.17. The van der Waals surface area contributed by atoms with Crippen LogP contribution in [-0.2, 0) is 19.9 Å². The molecule has 0 bridgehead atoms. The Morgan fingerprint density at radius 2 is 1.36 bits per heavy atom. The summed E-state index contributed by atoms with van der Waals surface area (Å²) in [5.41, 5.74) is 0. The molecule has 1 unspecified atom stereocenters. The SMILES string of the molecule is O=S(=O)(NCC(c1ccco1)S(=O)(=O)c1ccc(Cl)cc1)c1ccc(Cl)cc1. The summed E-state index contributed by atoms with van der Waals surface area (Å²) in [5.74, 6) is 0.119. The van der Waals surface area contributed by atoms with Crippen molar-refractivity contribution in [2.75, 3.05) is 6.54 Å². The van der Waals surface area contributed by atoms with E-state index >= 15 is 0 Å². The minimum absolute atomic E-state index is 0.00370. The zero-order valence-electron chi connectivity index (χ0n) is 14.2. The van der Waals surface area contributed by atoms with E-state index in [0.29, 0.717) is 10.0 Å². The third kappa shape index (κ3) is 4.59. The first-order valence-electron chi connectivity index (χ1n) is 7.98. The van der Waals surface area contributed by atoms with Crippen LogP contribution in [0.1, 0.15) is 11.0 Å². The highest BCUT2D eigenvalue weighted by molar-refractivity contribution is 7.92. The van der Waals surface area contributed by atoms with Gasteiger partial charge in [0.05, 0.1) is 16.1 Å². The summed E-state index contributed by atoms with van der Waals surface area (Å²) in [4.78, 5) is -0.0250. The third-order valence-corrected chi connectivity index (χ3v) is 7.98. The van der Waals surface area contributed by atoms with Crippen molar-refractivity contribution in [2.24, 2.45) is 0 Å². The van der Waals surface area contributed by atoms with Gasteiger partial charge in [0.2, 0.25) is 10.0 Å². The molecule has 0 aliphatic carbocycles. The topological polar surface area (TPSA) is 93.4 Å². The predicted octanol–water partition coefficient (Wildman–Crippen LogP) is 4.08. The van der Waals surface area contributed by atoms with Gasteiger partial charge in [0.1, 0.15) is 11.0 Å². The molecular weight excluding hydrogens is 445 g/mol. The van der Waals surface area contributed by atoms with E-state index in [1.165, 1.54) is 66.9 Å². The molecule has 0 radical (unpaired) electrons. The van der Waals surface area contributed by atoms with Gasteiger partial charge in [-0.05, 0) is 60.7 Å². The fourth-order valence-corrected chi connectivity index (χ4v) is 5.50. The molecule has 0 aliphatic rings. The van der Waals surface area contributed by atoms with Gasteiger partial charge in [-0.15, -0.1) is 0 Å². The molecule has 0 saturated heterocycles. The molecule has 2 aromatic carbocycles. The quantitative estimate of drug-likeness (QED) is 0.574. The number of rotatable bonds is 7. The number of hydrogen-bond acceptors (Lipinski definition) is 5. The smallest absolute Gasteiger partial charge is 0.240 e. The summed E-state index contributed by atoms with van der Waals surface area (Å²) >= 11 is 11.6. The summed E-state index contributed by atoms with van der Waals surface area (Å²) in [6, 6.07) is 14.2. The van der Waals surface area contributed by atoms with E-state index in [-0.39, 0.29) is 15.6 Å². The number of furan rings is 1. The van der Waals surface area contributed by atoms with Crippen LogP contribution in [0.3, 0.4) is 0 Å². The summed E-state index contributed by atoms with van der Waals surface area (Å²) in [5, 5.41) is -0.486. The number of nitrogens with one attached hydrogen (secondary N) is 1. The fraction of sp³-hybridized carbons (Fsp3) is 0.111. The molecule has 0 aliphatic heterocycles. The van der Waals surface area contributed by atoms with Crippen LogP contribution in [0.4, 0.5) is 0 Å². The van der Waals surface area contributed by atoms with Crippen LogP contribution in [0.25, 0.3) is 0 Å². The minimum Gasteiger partial charge on any atom is -0.468 e. The normalized spacial score (nSPS) is 13.4. The van der Waals surface area contributed by atoms with E-state index in [0.717, 1.165) is 0 Å². The van der Waals surface area contributed by atoms with Crippen molar-refractivity contribution in [3.8, 4) is 0 Å². The summed E-state index contributed by atoms with van der Waals surface area (Å²) in [7, 11) is -7.90. The molecule has 3 aromatic rings. The van der Waals surface area contributed by atoms with Gasteiger partial charge in [0.25, 0.3) is 0 Å². The lowest BCUT2D eigenvalue weighted by atomic mass is 10.3. The third-order valence-electron chi connectivity index (χ3n) is 3.96. The molecule has 0 amide bonds. The highest BCUT2D eigenvalue weighted by atomic mass is 35.5. The largest absolute Gasteiger partial charge is 0.468 e. The maximum Gasteiger partial charge on any atom is 0.240 e. The molecular formula is C18H15Cl2NO5S2. The second-order valence-corrected chi connectivity index (χ2v) is 10.6. The van der Waals surface area contributed by atoms with Gasteiger partial charge >= 0.3 is 0 Å². The van der Waals surface area contributed by atoms with Crippen LogP contribution < -0.4 is 4.72 Å². The summed E-state index contributed by atoms with van der Waals surface area (Å²) in [6.07, 6.45) is 1.33. The van der Waals surface area contributed by atoms with E-state index in [1.54, 1.807) is 0 Å². The lowest BCUT2D eigenvalue weighted by molar-refractivity contribution is 0.486. The van der Waals surface area contributed by atoms with E-state index in [9.17, 15) is 16.8 Å². The van der Waals surface area contributed by atoms with Gasteiger partial charge in [-0.25, -0.2) is 21.6 Å². The fourth-order valence-electron chi connectivity index (χ4n) is 2.51. The Kier molecular flexibility index (Phi) is 6.16. The Balaban J connectivity index is 1.91. The standard InChI is InChI=1S/C18H15Cl2NO5S2/c19-13-3-7-15(8-4-13)27(22,23)18(17-2-1-11-26-17)12-21-28(24,25)16-9-5-14(20)6-10-16/h1-11,18,21H,12H2. The van der Waals surface area contributed by atoms with Gasteiger partial charge in [-0.2, -0.15) is 0 Å². The predicted molar refractivity (Wildman–Crippen MR) is 107 cm³/mol. The van der Waals surface area contributed by atoms with Crippen LogP contribution in [-0.4, -0.2) is 23.4 Å². The molecule has 148 valence electrons. The van der Waals surface area contributed by atoms with E-state index in [2.05, 4.69) is 4.72 Å². The average Bonchev–Trinajstić information content (AvgIpc) is 3.16. The average molecular weight is 460 g/mol. The van der Waals surface area contributed by atoms with Crippen molar-refractivity contribution < 1.29 is 21.3 Å². The molecule has 0 spiro atoms. The van der Waals surface area contributed by atoms with Crippen molar-refractivity contribution in [3.05, 3.63) is 82.7 Å². The van der Waals surface area contributed by atoms with Gasteiger partial charge < -0.3 is 4.42 Å². The zero-order valence-corrected chi connectivity index (χ0v) is 17.4. The van der Waals surface area contributed by atoms with Crippen molar-refractivity contribution in [2.45, 2.75) is 15.0 Å². The molecule has 28 heavy (non-hydrogen) atoms. The Morgan fingerprint density at radius 1 is 0.821 bits per heavy atom. The Hall–Kier alpha value is -1.84. The number of halogens is 2. The molecule has 1 atom stereocenters. The van der Waals surface area contributed by atoms with Crippen molar-refractivity contribution >= 4 is 43.1 Å². The summed E-state index contributed by atoms with van der Waals surface area (Å²) < 4.78 is 58.8. The van der Waals surface area contributed by atoms with E-state index in [4.69, 9.17) is 27.6 Å². The van der Waals surface area contributed by atoms with Gasteiger partial charge in [0.15, 0.2) is 9.84 Å². The van der Waals surface area contributed by atoms with Crippen LogP contribution in [0.5, 0.6) is 0 Å². The summed E-state index contributed by atoms with van der Waals surface area (Å²) in [6.45, 7) is -0.413. The van der Waals surface area contributed by atoms with Crippen molar-refractivity contribution in [3.63, 3.8) is 0 Å². The Morgan fingerprint density at radius 3 is 1.86 bits per heavy atom.